The first-order valence-corrected chi connectivity index (χ1v) is 7.32. The van der Waals surface area contributed by atoms with Crippen molar-refractivity contribution in [2.45, 2.75) is 19.9 Å². The van der Waals surface area contributed by atoms with Gasteiger partial charge in [-0.25, -0.2) is 0 Å². The van der Waals surface area contributed by atoms with Gasteiger partial charge in [-0.3, -0.25) is 4.79 Å². The van der Waals surface area contributed by atoms with E-state index in [9.17, 15) is 4.79 Å². The van der Waals surface area contributed by atoms with Gasteiger partial charge in [0.15, 0.2) is 0 Å². The lowest BCUT2D eigenvalue weighted by atomic mass is 10.1. The molecular weight excluding hydrogens is 272 g/mol. The molecule has 0 aliphatic carbocycles. The molecule has 0 saturated heterocycles. The van der Waals surface area contributed by atoms with E-state index in [0.29, 0.717) is 12.1 Å². The molecule has 3 nitrogen and oxygen atoms in total. The Morgan fingerprint density at radius 3 is 2.73 bits per heavy atom. The molecule has 0 aliphatic rings. The lowest BCUT2D eigenvalue weighted by Crippen LogP contribution is -2.20. The highest BCUT2D eigenvalue weighted by Gasteiger charge is 2.04. The van der Waals surface area contributed by atoms with E-state index in [1.165, 1.54) is 5.56 Å². The predicted molar refractivity (Wildman–Crippen MR) is 87.8 cm³/mol. The van der Waals surface area contributed by atoms with Crippen molar-refractivity contribution in [3.63, 3.8) is 0 Å². The zero-order chi connectivity index (χ0) is 15.5. The lowest BCUT2D eigenvalue weighted by molar-refractivity contribution is 0.768. The Morgan fingerprint density at radius 1 is 1.09 bits per heavy atom. The molecule has 0 aliphatic heterocycles. The quantitative estimate of drug-likeness (QED) is 0.740. The van der Waals surface area contributed by atoms with Gasteiger partial charge in [-0.2, -0.15) is 5.26 Å². The summed E-state index contributed by atoms with van der Waals surface area (Å²) in [4.78, 5) is 12.6. The van der Waals surface area contributed by atoms with Crippen LogP contribution in [-0.2, 0) is 13.0 Å². The summed E-state index contributed by atoms with van der Waals surface area (Å²) in [6.45, 7) is 2.57. The molecule has 0 fully saturated rings. The van der Waals surface area contributed by atoms with Gasteiger partial charge in [0.05, 0.1) is 18.2 Å². The van der Waals surface area contributed by atoms with E-state index in [-0.39, 0.29) is 5.56 Å². The summed E-state index contributed by atoms with van der Waals surface area (Å²) < 4.78 is 1.68. The molecule has 1 aromatic heterocycles. The highest BCUT2D eigenvalue weighted by molar-refractivity contribution is 5.82. The number of aromatic nitrogens is 1. The maximum absolute atomic E-state index is 12.6. The Kier molecular flexibility index (Phi) is 3.76. The SMILES string of the molecule is CCc1ccc2c(=O)n(Cc3cccc(C#N)c3)ccc2c1. The van der Waals surface area contributed by atoms with Crippen molar-refractivity contribution in [3.8, 4) is 6.07 Å². The summed E-state index contributed by atoms with van der Waals surface area (Å²) in [6, 6.07) is 17.4. The third kappa shape index (κ3) is 2.64. The van der Waals surface area contributed by atoms with Crippen LogP contribution in [0.4, 0.5) is 0 Å². The van der Waals surface area contributed by atoms with Crippen molar-refractivity contribution in [2.24, 2.45) is 0 Å². The average Bonchev–Trinajstić information content (AvgIpc) is 2.57. The summed E-state index contributed by atoms with van der Waals surface area (Å²) >= 11 is 0. The Morgan fingerprint density at radius 2 is 1.95 bits per heavy atom. The van der Waals surface area contributed by atoms with Crippen LogP contribution in [0.5, 0.6) is 0 Å². The van der Waals surface area contributed by atoms with E-state index < -0.39 is 0 Å². The van der Waals surface area contributed by atoms with Crippen molar-refractivity contribution in [3.05, 3.63) is 81.8 Å². The summed E-state index contributed by atoms with van der Waals surface area (Å²) in [5.41, 5.74) is 2.79. The van der Waals surface area contributed by atoms with Gasteiger partial charge in [0, 0.05) is 11.6 Å². The molecule has 0 unspecified atom stereocenters. The maximum atomic E-state index is 12.6. The predicted octanol–water partition coefficient (Wildman–Crippen LogP) is 3.48. The van der Waals surface area contributed by atoms with Crippen molar-refractivity contribution < 1.29 is 0 Å². The van der Waals surface area contributed by atoms with Gasteiger partial charge in [-0.05, 0) is 47.2 Å². The number of nitriles is 1. The number of nitrogens with zero attached hydrogens (tertiary/aromatic N) is 2. The van der Waals surface area contributed by atoms with Crippen molar-refractivity contribution in [1.29, 1.82) is 5.26 Å². The molecule has 1 heterocycles. The zero-order valence-electron chi connectivity index (χ0n) is 12.4. The van der Waals surface area contributed by atoms with Crippen LogP contribution >= 0.6 is 0 Å². The van der Waals surface area contributed by atoms with Gasteiger partial charge in [0.1, 0.15) is 0 Å². The van der Waals surface area contributed by atoms with Crippen LogP contribution < -0.4 is 5.56 Å². The number of hydrogen-bond acceptors (Lipinski definition) is 2. The first-order valence-electron chi connectivity index (χ1n) is 7.32. The number of pyridine rings is 1. The van der Waals surface area contributed by atoms with Gasteiger partial charge in [0.2, 0.25) is 0 Å². The normalized spacial score (nSPS) is 10.5. The minimum atomic E-state index is 0.00233. The van der Waals surface area contributed by atoms with Crippen molar-refractivity contribution in [2.75, 3.05) is 0 Å². The average molecular weight is 288 g/mol. The van der Waals surface area contributed by atoms with Gasteiger partial charge in [0.25, 0.3) is 5.56 Å². The van der Waals surface area contributed by atoms with Crippen LogP contribution in [-0.4, -0.2) is 4.57 Å². The van der Waals surface area contributed by atoms with Crippen LogP contribution in [0.15, 0.2) is 59.5 Å². The fraction of sp³-hybridized carbons (Fsp3) is 0.158. The molecule has 2 aromatic carbocycles. The number of hydrogen-bond donors (Lipinski definition) is 0. The Balaban J connectivity index is 2.03. The minimum Gasteiger partial charge on any atom is -0.311 e. The number of benzene rings is 2. The van der Waals surface area contributed by atoms with E-state index in [4.69, 9.17) is 5.26 Å². The van der Waals surface area contributed by atoms with Gasteiger partial charge >= 0.3 is 0 Å². The molecule has 108 valence electrons. The van der Waals surface area contributed by atoms with Gasteiger partial charge in [-0.1, -0.05) is 31.2 Å². The fourth-order valence-corrected chi connectivity index (χ4v) is 2.62. The molecule has 0 spiro atoms. The third-order valence-corrected chi connectivity index (χ3v) is 3.86. The van der Waals surface area contributed by atoms with E-state index in [1.807, 2.05) is 42.6 Å². The first-order chi connectivity index (χ1) is 10.7. The summed E-state index contributed by atoms with van der Waals surface area (Å²) in [6.07, 6.45) is 2.78. The van der Waals surface area contributed by atoms with Crippen LogP contribution in [0.3, 0.4) is 0 Å². The highest BCUT2D eigenvalue weighted by Crippen LogP contribution is 2.14. The Labute approximate surface area is 129 Å². The minimum absolute atomic E-state index is 0.00233. The Bertz CT molecular complexity index is 932. The van der Waals surface area contributed by atoms with Gasteiger partial charge < -0.3 is 4.57 Å². The molecular formula is C19H16N2O. The first kappa shape index (κ1) is 14.1. The molecule has 0 atom stereocenters. The fourth-order valence-electron chi connectivity index (χ4n) is 2.62. The molecule has 3 rings (SSSR count). The summed E-state index contributed by atoms with van der Waals surface area (Å²) in [5.74, 6) is 0. The standard InChI is InChI=1S/C19H16N2O/c1-2-14-6-7-18-17(11-14)8-9-21(19(18)22)13-16-5-3-4-15(10-16)12-20/h3-11H,2,13H2,1H3. The van der Waals surface area contributed by atoms with Crippen molar-refractivity contribution >= 4 is 10.8 Å². The van der Waals surface area contributed by atoms with Gasteiger partial charge in [-0.15, -0.1) is 0 Å². The molecule has 0 saturated carbocycles. The zero-order valence-corrected chi connectivity index (χ0v) is 12.4. The second kappa shape index (κ2) is 5.87. The molecule has 22 heavy (non-hydrogen) atoms. The largest absolute Gasteiger partial charge is 0.311 e. The monoisotopic (exact) mass is 288 g/mol. The number of rotatable bonds is 3. The van der Waals surface area contributed by atoms with E-state index in [0.717, 1.165) is 22.8 Å². The molecule has 3 aromatic rings. The summed E-state index contributed by atoms with van der Waals surface area (Å²) in [5, 5.41) is 10.7. The second-order valence-electron chi connectivity index (χ2n) is 5.34. The molecule has 0 bridgehead atoms. The van der Waals surface area contributed by atoms with E-state index in [2.05, 4.69) is 19.1 Å². The van der Waals surface area contributed by atoms with Crippen molar-refractivity contribution in [1.82, 2.24) is 4.57 Å². The maximum Gasteiger partial charge on any atom is 0.258 e. The van der Waals surface area contributed by atoms with Crippen LogP contribution in [0.2, 0.25) is 0 Å². The molecule has 0 amide bonds. The van der Waals surface area contributed by atoms with Crippen LogP contribution in [0.25, 0.3) is 10.8 Å². The topological polar surface area (TPSA) is 45.8 Å². The van der Waals surface area contributed by atoms with Crippen LogP contribution in [0.1, 0.15) is 23.6 Å². The molecule has 0 radical (unpaired) electrons. The van der Waals surface area contributed by atoms with E-state index in [1.54, 1.807) is 10.6 Å². The number of aryl methyl sites for hydroxylation is 1. The van der Waals surface area contributed by atoms with E-state index >= 15 is 0 Å². The summed E-state index contributed by atoms with van der Waals surface area (Å²) in [7, 11) is 0. The Hall–Kier alpha value is -2.86. The lowest BCUT2D eigenvalue weighted by Gasteiger charge is -2.08. The molecule has 0 N–H and O–H groups in total. The number of fused-ring (bicyclic) bond motifs is 1. The smallest absolute Gasteiger partial charge is 0.258 e. The molecule has 3 heteroatoms. The second-order valence-corrected chi connectivity index (χ2v) is 5.34. The highest BCUT2D eigenvalue weighted by atomic mass is 16.1. The van der Waals surface area contributed by atoms with Crippen LogP contribution in [0, 0.1) is 11.3 Å². The third-order valence-electron chi connectivity index (χ3n) is 3.86.